The molecule has 1 fully saturated rings. The summed E-state index contributed by atoms with van der Waals surface area (Å²) >= 11 is 0. The van der Waals surface area contributed by atoms with Gasteiger partial charge in [0, 0.05) is 6.04 Å². The van der Waals surface area contributed by atoms with E-state index in [9.17, 15) is 10.2 Å². The van der Waals surface area contributed by atoms with Gasteiger partial charge in [-0.05, 0) is 6.42 Å². The van der Waals surface area contributed by atoms with Crippen LogP contribution in [0, 0.1) is 0 Å². The van der Waals surface area contributed by atoms with Gasteiger partial charge in [-0.1, -0.05) is 6.92 Å². The zero-order valence-corrected chi connectivity index (χ0v) is 6.57. The van der Waals surface area contributed by atoms with Crippen molar-refractivity contribution in [2.45, 2.75) is 37.6 Å². The summed E-state index contributed by atoms with van der Waals surface area (Å²) in [7, 11) is 0. The standard InChI is InChI=1S/C7H15NO3/c1-2-4-6(10)7(11)5(3-9)8-4/h4-11H,2-3H2,1H3/t4-,5-,6+,7+/m0/s1. The van der Waals surface area contributed by atoms with Crippen LogP contribution in [0.15, 0.2) is 0 Å². The SMILES string of the molecule is CC[C@@H]1N[C@@H](CO)[C@@H](O)[C@@H]1O. The summed E-state index contributed by atoms with van der Waals surface area (Å²) in [6, 6.07) is -0.447. The van der Waals surface area contributed by atoms with Crippen LogP contribution in [0.1, 0.15) is 13.3 Å². The molecule has 11 heavy (non-hydrogen) atoms. The van der Waals surface area contributed by atoms with E-state index in [4.69, 9.17) is 5.11 Å². The summed E-state index contributed by atoms with van der Waals surface area (Å²) in [5.74, 6) is 0. The molecule has 4 atom stereocenters. The molecule has 4 N–H and O–H groups in total. The zero-order valence-electron chi connectivity index (χ0n) is 6.57. The monoisotopic (exact) mass is 161 g/mol. The molecule has 1 aliphatic rings. The van der Waals surface area contributed by atoms with E-state index in [1.54, 1.807) is 0 Å². The van der Waals surface area contributed by atoms with Crippen molar-refractivity contribution in [1.82, 2.24) is 5.32 Å². The fourth-order valence-electron chi connectivity index (χ4n) is 1.47. The number of rotatable bonds is 2. The van der Waals surface area contributed by atoms with Crippen LogP contribution in [0.5, 0.6) is 0 Å². The second-order valence-electron chi connectivity index (χ2n) is 2.95. The summed E-state index contributed by atoms with van der Waals surface area (Å²) in [5, 5.41) is 30.3. The molecule has 0 unspecified atom stereocenters. The van der Waals surface area contributed by atoms with Crippen molar-refractivity contribution in [3.05, 3.63) is 0 Å². The molecule has 0 aliphatic carbocycles. The zero-order chi connectivity index (χ0) is 8.43. The molecule has 0 aromatic rings. The minimum absolute atomic E-state index is 0.0813. The van der Waals surface area contributed by atoms with Gasteiger partial charge in [-0.2, -0.15) is 0 Å². The molecule has 1 aliphatic heterocycles. The highest BCUT2D eigenvalue weighted by molar-refractivity contribution is 4.96. The van der Waals surface area contributed by atoms with E-state index in [0.717, 1.165) is 6.42 Å². The number of aliphatic hydroxyl groups is 3. The number of hydrogen-bond donors (Lipinski definition) is 4. The average Bonchev–Trinajstić information content (AvgIpc) is 2.30. The first-order valence-corrected chi connectivity index (χ1v) is 3.93. The Labute approximate surface area is 65.9 Å². The Morgan fingerprint density at radius 1 is 1.18 bits per heavy atom. The summed E-state index contributed by atoms with van der Waals surface area (Å²) in [6.07, 6.45) is -0.809. The van der Waals surface area contributed by atoms with Gasteiger partial charge in [0.2, 0.25) is 0 Å². The Morgan fingerprint density at radius 2 is 1.73 bits per heavy atom. The van der Waals surface area contributed by atoms with Crippen molar-refractivity contribution < 1.29 is 15.3 Å². The first kappa shape index (κ1) is 8.93. The van der Waals surface area contributed by atoms with E-state index in [1.165, 1.54) is 0 Å². The van der Waals surface area contributed by atoms with Gasteiger partial charge >= 0.3 is 0 Å². The average molecular weight is 161 g/mol. The minimum Gasteiger partial charge on any atom is -0.395 e. The molecule has 0 bridgehead atoms. The summed E-state index contributed by atoms with van der Waals surface area (Å²) in [5.41, 5.74) is 0. The van der Waals surface area contributed by atoms with Crippen LogP contribution < -0.4 is 5.32 Å². The Balaban J connectivity index is 2.53. The van der Waals surface area contributed by atoms with Gasteiger partial charge in [-0.3, -0.25) is 0 Å². The lowest BCUT2D eigenvalue weighted by Gasteiger charge is -2.12. The molecule has 0 aromatic heterocycles. The van der Waals surface area contributed by atoms with Gasteiger partial charge in [0.25, 0.3) is 0 Å². The molecule has 4 nitrogen and oxygen atoms in total. The molecular weight excluding hydrogens is 146 g/mol. The quantitative estimate of drug-likeness (QED) is 0.396. The van der Waals surface area contributed by atoms with E-state index >= 15 is 0 Å². The van der Waals surface area contributed by atoms with Gasteiger partial charge in [0.1, 0.15) is 0 Å². The Hall–Kier alpha value is -0.160. The highest BCUT2D eigenvalue weighted by atomic mass is 16.3. The molecule has 1 rings (SSSR count). The molecule has 0 radical (unpaired) electrons. The molecule has 0 saturated carbocycles. The van der Waals surface area contributed by atoms with Crippen LogP contribution in [0.3, 0.4) is 0 Å². The third kappa shape index (κ3) is 1.54. The van der Waals surface area contributed by atoms with Crippen molar-refractivity contribution in [2.75, 3.05) is 6.61 Å². The highest BCUT2D eigenvalue weighted by Gasteiger charge is 2.39. The lowest BCUT2D eigenvalue weighted by molar-refractivity contribution is 0.0193. The van der Waals surface area contributed by atoms with Crippen molar-refractivity contribution in [3.63, 3.8) is 0 Å². The van der Waals surface area contributed by atoms with Crippen LogP contribution in [0.25, 0.3) is 0 Å². The third-order valence-corrected chi connectivity index (χ3v) is 2.24. The van der Waals surface area contributed by atoms with Gasteiger partial charge < -0.3 is 20.6 Å². The fourth-order valence-corrected chi connectivity index (χ4v) is 1.47. The van der Waals surface area contributed by atoms with Crippen molar-refractivity contribution in [3.8, 4) is 0 Å². The lowest BCUT2D eigenvalue weighted by Crippen LogP contribution is -2.36. The minimum atomic E-state index is -0.829. The number of hydrogen-bond acceptors (Lipinski definition) is 4. The lowest BCUT2D eigenvalue weighted by atomic mass is 10.1. The maximum Gasteiger partial charge on any atom is 0.0989 e. The van der Waals surface area contributed by atoms with Crippen molar-refractivity contribution in [2.24, 2.45) is 0 Å². The van der Waals surface area contributed by atoms with Gasteiger partial charge in [-0.15, -0.1) is 0 Å². The predicted octanol–water partition coefficient (Wildman–Crippen LogP) is -1.55. The Kier molecular flexibility index (Phi) is 2.84. The highest BCUT2D eigenvalue weighted by Crippen LogP contribution is 2.15. The number of aliphatic hydroxyl groups excluding tert-OH is 3. The first-order valence-electron chi connectivity index (χ1n) is 3.93. The summed E-state index contributed by atoms with van der Waals surface area (Å²) < 4.78 is 0. The molecule has 4 heteroatoms. The maximum absolute atomic E-state index is 9.34. The second kappa shape index (κ2) is 3.49. The molecule has 1 heterocycles. The largest absolute Gasteiger partial charge is 0.395 e. The Morgan fingerprint density at radius 3 is 2.00 bits per heavy atom. The van der Waals surface area contributed by atoms with Crippen LogP contribution in [-0.2, 0) is 0 Å². The predicted molar refractivity (Wildman–Crippen MR) is 40.1 cm³/mol. The molecule has 0 amide bonds. The van der Waals surface area contributed by atoms with E-state index in [2.05, 4.69) is 5.32 Å². The van der Waals surface area contributed by atoms with E-state index in [0.29, 0.717) is 0 Å². The topological polar surface area (TPSA) is 72.7 Å². The van der Waals surface area contributed by atoms with Crippen LogP contribution in [0.2, 0.25) is 0 Å². The molecule has 1 saturated heterocycles. The van der Waals surface area contributed by atoms with E-state index < -0.39 is 12.2 Å². The number of nitrogens with one attached hydrogen (secondary N) is 1. The molecular formula is C7H15NO3. The Bertz CT molecular complexity index is 113. The van der Waals surface area contributed by atoms with Gasteiger partial charge in [-0.25, -0.2) is 0 Å². The summed E-state index contributed by atoms with van der Waals surface area (Å²) in [6.45, 7) is 1.79. The smallest absolute Gasteiger partial charge is 0.0989 e. The van der Waals surface area contributed by atoms with Gasteiger partial charge in [0.05, 0.1) is 24.9 Å². The van der Waals surface area contributed by atoms with Crippen molar-refractivity contribution >= 4 is 0 Å². The fraction of sp³-hybridized carbons (Fsp3) is 1.00. The van der Waals surface area contributed by atoms with E-state index in [1.807, 2.05) is 6.92 Å². The van der Waals surface area contributed by atoms with Crippen LogP contribution in [0.4, 0.5) is 0 Å². The molecule has 0 aromatic carbocycles. The molecule has 0 spiro atoms. The van der Waals surface area contributed by atoms with Crippen molar-refractivity contribution in [1.29, 1.82) is 0 Å². The molecule has 66 valence electrons. The maximum atomic E-state index is 9.34. The third-order valence-electron chi connectivity index (χ3n) is 2.24. The normalized spacial score (nSPS) is 44.7. The van der Waals surface area contributed by atoms with Gasteiger partial charge in [0.15, 0.2) is 0 Å². The van der Waals surface area contributed by atoms with Crippen LogP contribution in [-0.4, -0.2) is 46.2 Å². The van der Waals surface area contributed by atoms with Crippen LogP contribution >= 0.6 is 0 Å². The van der Waals surface area contributed by atoms with E-state index in [-0.39, 0.29) is 18.7 Å². The first-order chi connectivity index (χ1) is 5.20. The summed E-state index contributed by atoms with van der Waals surface area (Å²) in [4.78, 5) is 0. The second-order valence-corrected chi connectivity index (χ2v) is 2.95.